The summed E-state index contributed by atoms with van der Waals surface area (Å²) in [5.41, 5.74) is 2.71. The first-order chi connectivity index (χ1) is 19.6. The van der Waals surface area contributed by atoms with Crippen LogP contribution in [0.15, 0.2) is 88.4 Å². The number of anilines is 1. The van der Waals surface area contributed by atoms with Crippen molar-refractivity contribution in [1.82, 2.24) is 14.8 Å². The molecule has 208 valence electrons. The third-order valence-electron chi connectivity index (χ3n) is 6.02. The second-order valence-corrected chi connectivity index (χ2v) is 11.4. The van der Waals surface area contributed by atoms with Gasteiger partial charge in [-0.05, 0) is 55.8 Å². The molecule has 41 heavy (non-hydrogen) atoms. The van der Waals surface area contributed by atoms with E-state index in [2.05, 4.69) is 31.6 Å². The van der Waals surface area contributed by atoms with Crippen LogP contribution in [0.3, 0.4) is 0 Å². The van der Waals surface area contributed by atoms with E-state index in [0.29, 0.717) is 22.5 Å². The molecule has 4 aromatic rings. The Balaban J connectivity index is 1.60. The van der Waals surface area contributed by atoms with Gasteiger partial charge in [-0.3, -0.25) is 24.0 Å². The quantitative estimate of drug-likeness (QED) is 0.316. The van der Waals surface area contributed by atoms with Crippen LogP contribution in [0.25, 0.3) is 0 Å². The Bertz CT molecular complexity index is 1810. The fourth-order valence-electron chi connectivity index (χ4n) is 4.07. The highest BCUT2D eigenvalue weighted by atomic mass is 32.2. The van der Waals surface area contributed by atoms with E-state index in [4.69, 9.17) is 0 Å². The molecule has 2 amide bonds. The minimum absolute atomic E-state index is 0.0187. The number of rotatable bonds is 7. The van der Waals surface area contributed by atoms with E-state index in [9.17, 15) is 23.7 Å². The Labute approximate surface area is 237 Å². The summed E-state index contributed by atoms with van der Waals surface area (Å²) >= 11 is 0. The van der Waals surface area contributed by atoms with Gasteiger partial charge in [0, 0.05) is 41.2 Å². The predicted molar refractivity (Wildman–Crippen MR) is 154 cm³/mol. The van der Waals surface area contributed by atoms with Crippen molar-refractivity contribution < 1.29 is 23.7 Å². The molecule has 0 saturated heterocycles. The van der Waals surface area contributed by atoms with Crippen molar-refractivity contribution in [2.45, 2.75) is 30.4 Å². The van der Waals surface area contributed by atoms with E-state index in [0.717, 1.165) is 5.69 Å². The second kappa shape index (κ2) is 12.4. The topological polar surface area (TPSA) is 144 Å². The number of carbonyl (C=O) groups excluding carboxylic acids is 2. The Morgan fingerprint density at radius 3 is 2.41 bits per heavy atom. The molecule has 4 rings (SSSR count). The van der Waals surface area contributed by atoms with Crippen LogP contribution >= 0.6 is 0 Å². The summed E-state index contributed by atoms with van der Waals surface area (Å²) in [6.07, 6.45) is 2.74. The van der Waals surface area contributed by atoms with Crippen molar-refractivity contribution in [2.24, 2.45) is 11.4 Å². The van der Waals surface area contributed by atoms with E-state index in [1.807, 2.05) is 0 Å². The Hall–Kier alpha value is -5.08. The molecule has 2 aromatic heterocycles. The first kappa shape index (κ1) is 28.9. The molecule has 2 N–H and O–H groups in total. The van der Waals surface area contributed by atoms with Crippen LogP contribution < -0.4 is 5.32 Å². The van der Waals surface area contributed by atoms with Crippen molar-refractivity contribution in [2.75, 3.05) is 5.32 Å². The van der Waals surface area contributed by atoms with Gasteiger partial charge in [-0.1, -0.05) is 43.0 Å². The number of hydrogen-bond donors (Lipinski definition) is 2. The number of carbonyl (C=O) groups is 3. The van der Waals surface area contributed by atoms with Crippen LogP contribution in [0.2, 0.25) is 0 Å². The molecule has 0 radical (unpaired) electrons. The molecule has 0 aliphatic rings. The van der Waals surface area contributed by atoms with Gasteiger partial charge in [-0.15, -0.1) is 0 Å². The first-order valence-electron chi connectivity index (χ1n) is 12.6. The van der Waals surface area contributed by atoms with Crippen molar-refractivity contribution >= 4 is 33.2 Å². The van der Waals surface area contributed by atoms with Gasteiger partial charge in [0.1, 0.15) is 10.9 Å². The fourth-order valence-corrected chi connectivity index (χ4v) is 6.26. The number of hydrogen-bond acceptors (Lipinski definition) is 6. The highest BCUT2D eigenvalue weighted by Crippen LogP contribution is 2.23. The maximum absolute atomic E-state index is 13.9. The molecule has 0 aliphatic heterocycles. The summed E-state index contributed by atoms with van der Waals surface area (Å²) in [4.78, 5) is 41.9. The van der Waals surface area contributed by atoms with Crippen molar-refractivity contribution in [3.63, 3.8) is 0 Å². The standard InChI is InChI=1S/C30H27N5O5S/c1-4-27(30(38)39)41(40,25-11-6-5-7-12-25)34-28(36)23-16-22(18-31-19-23)14-13-21-9-8-10-24(17-21)32-29(37)26-15-20(2)33-35(26)3/h5-12,15-19,27H,4H2,1-3H3,(H,32,37)(H,38,39)/t27-,41?/m0/s1. The van der Waals surface area contributed by atoms with Gasteiger partial charge in [-0.2, -0.15) is 9.46 Å². The van der Waals surface area contributed by atoms with Gasteiger partial charge in [0.15, 0.2) is 0 Å². The molecule has 0 bridgehead atoms. The zero-order valence-corrected chi connectivity index (χ0v) is 23.4. The second-order valence-electron chi connectivity index (χ2n) is 9.06. The van der Waals surface area contributed by atoms with Gasteiger partial charge in [0.05, 0.1) is 21.0 Å². The molecule has 0 aliphatic carbocycles. The molecule has 0 fully saturated rings. The minimum Gasteiger partial charge on any atom is -0.480 e. The number of carboxylic acid groups (broad SMARTS) is 1. The average Bonchev–Trinajstić information content (AvgIpc) is 3.30. The smallest absolute Gasteiger partial charge is 0.320 e. The van der Waals surface area contributed by atoms with Gasteiger partial charge >= 0.3 is 5.97 Å². The Kier molecular flexibility index (Phi) is 8.75. The molecule has 10 nitrogen and oxygen atoms in total. The summed E-state index contributed by atoms with van der Waals surface area (Å²) in [5.74, 6) is 3.44. The fraction of sp³-hybridized carbons (Fsp3) is 0.167. The van der Waals surface area contributed by atoms with Crippen LogP contribution in [0.4, 0.5) is 5.69 Å². The predicted octanol–water partition coefficient (Wildman–Crippen LogP) is 4.31. The number of aromatic nitrogens is 3. The molecule has 0 spiro atoms. The summed E-state index contributed by atoms with van der Waals surface area (Å²) in [7, 11) is -1.94. The SMILES string of the molecule is CC[C@@H](C(=O)O)S(=O)(=NC(=O)c1cncc(C#Cc2cccc(NC(=O)c3cc(C)nn3C)c2)c1)c1ccccc1. The van der Waals surface area contributed by atoms with Crippen LogP contribution in [0.5, 0.6) is 0 Å². The van der Waals surface area contributed by atoms with Crippen LogP contribution in [-0.4, -0.2) is 47.1 Å². The van der Waals surface area contributed by atoms with E-state index < -0.39 is 26.9 Å². The van der Waals surface area contributed by atoms with E-state index in [1.165, 1.54) is 35.3 Å². The minimum atomic E-state index is -3.64. The first-order valence-corrected chi connectivity index (χ1v) is 14.2. The molecule has 2 aromatic carbocycles. The number of carboxylic acids is 1. The molecular weight excluding hydrogens is 542 g/mol. The molecule has 0 saturated carbocycles. The lowest BCUT2D eigenvalue weighted by Gasteiger charge is -2.16. The zero-order chi connectivity index (χ0) is 29.6. The van der Waals surface area contributed by atoms with Crippen LogP contribution in [0, 0.1) is 18.8 Å². The number of aryl methyl sites for hydroxylation is 2. The van der Waals surface area contributed by atoms with E-state index in [1.54, 1.807) is 69.4 Å². The molecule has 2 heterocycles. The number of benzene rings is 2. The van der Waals surface area contributed by atoms with Gasteiger partial charge < -0.3 is 10.4 Å². The highest BCUT2D eigenvalue weighted by molar-refractivity contribution is 7.95. The van der Waals surface area contributed by atoms with Crippen molar-refractivity contribution in [3.05, 3.63) is 107 Å². The van der Waals surface area contributed by atoms with Crippen molar-refractivity contribution in [1.29, 1.82) is 0 Å². The van der Waals surface area contributed by atoms with E-state index in [-0.39, 0.29) is 22.8 Å². The lowest BCUT2D eigenvalue weighted by molar-refractivity contribution is -0.136. The largest absolute Gasteiger partial charge is 0.480 e. The third kappa shape index (κ3) is 6.74. The molecular formula is C30H27N5O5S. The Morgan fingerprint density at radius 1 is 1.02 bits per heavy atom. The number of aliphatic carboxylic acids is 1. The number of pyridine rings is 1. The molecule has 11 heteroatoms. The van der Waals surface area contributed by atoms with Crippen LogP contribution in [0.1, 0.15) is 51.0 Å². The summed E-state index contributed by atoms with van der Waals surface area (Å²) in [6, 6.07) is 18.0. The van der Waals surface area contributed by atoms with Gasteiger partial charge in [-0.25, -0.2) is 4.21 Å². The number of amides is 2. The van der Waals surface area contributed by atoms with Crippen molar-refractivity contribution in [3.8, 4) is 11.8 Å². The molecule has 1 unspecified atom stereocenters. The third-order valence-corrected chi connectivity index (χ3v) is 8.71. The maximum Gasteiger partial charge on any atom is 0.320 e. The average molecular weight is 570 g/mol. The summed E-state index contributed by atoms with van der Waals surface area (Å²) in [5, 5.41) is 15.3. The zero-order valence-electron chi connectivity index (χ0n) is 22.6. The lowest BCUT2D eigenvalue weighted by Crippen LogP contribution is -2.30. The van der Waals surface area contributed by atoms with Gasteiger partial charge in [0.2, 0.25) is 0 Å². The number of nitrogens with one attached hydrogen (secondary N) is 1. The lowest BCUT2D eigenvalue weighted by atomic mass is 10.1. The monoisotopic (exact) mass is 569 g/mol. The molecule has 2 atom stereocenters. The van der Waals surface area contributed by atoms with E-state index >= 15 is 0 Å². The summed E-state index contributed by atoms with van der Waals surface area (Å²) < 4.78 is 19.4. The highest BCUT2D eigenvalue weighted by Gasteiger charge is 2.32. The van der Waals surface area contributed by atoms with Gasteiger partial charge in [0.25, 0.3) is 11.8 Å². The number of nitrogens with zero attached hydrogens (tertiary/aromatic N) is 4. The maximum atomic E-state index is 13.9. The normalized spacial score (nSPS) is 12.8. The summed E-state index contributed by atoms with van der Waals surface area (Å²) in [6.45, 7) is 3.39. The van der Waals surface area contributed by atoms with Crippen LogP contribution in [-0.2, 0) is 21.6 Å². The Morgan fingerprint density at radius 2 is 1.76 bits per heavy atom.